The molecule has 3 rings (SSSR count). The number of carbonyl (C=O) groups is 2. The Morgan fingerprint density at radius 3 is 2.62 bits per heavy atom. The molecule has 1 aliphatic heterocycles. The number of aliphatic hydroxyl groups excluding tert-OH is 1. The van der Waals surface area contributed by atoms with Gasteiger partial charge < -0.3 is 21.1 Å². The number of likely N-dealkylation sites (tertiary alicyclic amines) is 1. The van der Waals surface area contributed by atoms with Crippen molar-refractivity contribution in [3.05, 3.63) is 40.8 Å². The van der Waals surface area contributed by atoms with Gasteiger partial charge in [0, 0.05) is 18.5 Å². The Morgan fingerprint density at radius 2 is 2.06 bits per heavy atom. The molecule has 2 amide bonds. The van der Waals surface area contributed by atoms with Gasteiger partial charge in [0.25, 0.3) is 0 Å². The summed E-state index contributed by atoms with van der Waals surface area (Å²) >= 11 is 1.44. The fraction of sp³-hybridized carbons (Fsp3) is 0.522. The van der Waals surface area contributed by atoms with Crippen molar-refractivity contribution in [3.63, 3.8) is 0 Å². The molecule has 1 saturated heterocycles. The first kappa shape index (κ1) is 24.3. The predicted molar refractivity (Wildman–Crippen MR) is 122 cm³/mol. The number of halogens is 1. The van der Waals surface area contributed by atoms with E-state index in [4.69, 9.17) is 5.73 Å². The maximum atomic E-state index is 14.9. The standard InChI is InChI=1S/C23H31FN4O3S/c1-12(16-7-6-14(8-17(16)24)19-13(2)26-11-32-19)27-21(30)18-9-15(29)10-28(18)22(31)20(25)23(3,4)5/h6-8,11-12,15,18,20,29H,9-10,25H2,1-5H3,(H,27,30)/t12-,15+,18-,20+/m0/s1. The van der Waals surface area contributed by atoms with Gasteiger partial charge in [0.05, 0.1) is 34.3 Å². The van der Waals surface area contributed by atoms with Crippen LogP contribution in [0.1, 0.15) is 51.4 Å². The molecule has 9 heteroatoms. The van der Waals surface area contributed by atoms with Gasteiger partial charge in [-0.25, -0.2) is 9.37 Å². The van der Waals surface area contributed by atoms with Gasteiger partial charge in [-0.3, -0.25) is 9.59 Å². The lowest BCUT2D eigenvalue weighted by atomic mass is 9.86. The van der Waals surface area contributed by atoms with Crippen LogP contribution in [0.3, 0.4) is 0 Å². The number of hydrogen-bond acceptors (Lipinski definition) is 6. The second-order valence-electron chi connectivity index (χ2n) is 9.47. The first-order valence-corrected chi connectivity index (χ1v) is 11.5. The third kappa shape index (κ3) is 5.00. The van der Waals surface area contributed by atoms with Crippen LogP contribution < -0.4 is 11.1 Å². The molecule has 2 aromatic rings. The number of nitrogens with two attached hydrogens (primary N) is 1. The first-order chi connectivity index (χ1) is 14.9. The molecule has 1 aromatic heterocycles. The van der Waals surface area contributed by atoms with E-state index in [1.807, 2.05) is 27.7 Å². The highest BCUT2D eigenvalue weighted by Crippen LogP contribution is 2.30. The second kappa shape index (κ2) is 9.25. The van der Waals surface area contributed by atoms with Gasteiger partial charge in [0.2, 0.25) is 11.8 Å². The lowest BCUT2D eigenvalue weighted by molar-refractivity contribution is -0.141. The van der Waals surface area contributed by atoms with Crippen LogP contribution in [0.2, 0.25) is 0 Å². The molecule has 0 unspecified atom stereocenters. The van der Waals surface area contributed by atoms with E-state index >= 15 is 0 Å². The SMILES string of the molecule is Cc1ncsc1-c1ccc([C@H](C)NC(=O)[C@@H]2C[C@@H](O)CN2C(=O)[C@@H](N)C(C)(C)C)c(F)c1. The molecule has 174 valence electrons. The minimum Gasteiger partial charge on any atom is -0.391 e. The Morgan fingerprint density at radius 1 is 1.38 bits per heavy atom. The van der Waals surface area contributed by atoms with Gasteiger partial charge in [-0.05, 0) is 30.9 Å². The van der Waals surface area contributed by atoms with Gasteiger partial charge in [-0.15, -0.1) is 11.3 Å². The summed E-state index contributed by atoms with van der Waals surface area (Å²) < 4.78 is 14.9. The molecule has 4 N–H and O–H groups in total. The average molecular weight is 463 g/mol. The molecule has 4 atom stereocenters. The minimum absolute atomic E-state index is 0.0480. The molecule has 7 nitrogen and oxygen atoms in total. The zero-order valence-corrected chi connectivity index (χ0v) is 19.9. The maximum absolute atomic E-state index is 14.9. The van der Waals surface area contributed by atoms with Gasteiger partial charge in [-0.1, -0.05) is 32.9 Å². The summed E-state index contributed by atoms with van der Waals surface area (Å²) in [5.41, 5.74) is 9.24. The summed E-state index contributed by atoms with van der Waals surface area (Å²) in [5, 5.41) is 12.9. The summed E-state index contributed by atoms with van der Waals surface area (Å²) in [5.74, 6) is -1.25. The molecule has 1 aliphatic rings. The molecule has 0 radical (unpaired) electrons. The molecule has 0 bridgehead atoms. The Labute approximate surface area is 191 Å². The van der Waals surface area contributed by atoms with Crippen molar-refractivity contribution in [1.29, 1.82) is 0 Å². The molecule has 2 heterocycles. The molecular formula is C23H31FN4O3S. The number of aliphatic hydroxyl groups is 1. The number of hydrogen-bond donors (Lipinski definition) is 3. The topological polar surface area (TPSA) is 109 Å². The van der Waals surface area contributed by atoms with E-state index in [9.17, 15) is 19.1 Å². The number of β-amino-alcohol motifs (C(OH)–C–C–N with tert-alkyl or cyclic N) is 1. The maximum Gasteiger partial charge on any atom is 0.243 e. The van der Waals surface area contributed by atoms with Crippen LogP contribution in [-0.4, -0.2) is 51.5 Å². The molecule has 0 saturated carbocycles. The smallest absolute Gasteiger partial charge is 0.243 e. The zero-order chi connectivity index (χ0) is 23.8. The normalized spacial score (nSPS) is 20.8. The van der Waals surface area contributed by atoms with Crippen LogP contribution in [0, 0.1) is 18.2 Å². The average Bonchev–Trinajstić information content (AvgIpc) is 3.31. The van der Waals surface area contributed by atoms with Crippen LogP contribution in [0.4, 0.5) is 4.39 Å². The number of nitrogens with one attached hydrogen (secondary N) is 1. The first-order valence-electron chi connectivity index (χ1n) is 10.6. The summed E-state index contributed by atoms with van der Waals surface area (Å²) in [6.45, 7) is 9.14. The summed E-state index contributed by atoms with van der Waals surface area (Å²) in [6.07, 6.45) is -0.691. The van der Waals surface area contributed by atoms with Crippen LogP contribution in [0.15, 0.2) is 23.7 Å². The molecule has 32 heavy (non-hydrogen) atoms. The van der Waals surface area contributed by atoms with Crippen molar-refractivity contribution in [2.45, 2.75) is 65.3 Å². The number of thiazole rings is 1. The fourth-order valence-electron chi connectivity index (χ4n) is 3.84. The van der Waals surface area contributed by atoms with Crippen LogP contribution in [0.25, 0.3) is 10.4 Å². The second-order valence-corrected chi connectivity index (χ2v) is 10.3. The lowest BCUT2D eigenvalue weighted by Crippen LogP contribution is -2.55. The summed E-state index contributed by atoms with van der Waals surface area (Å²) in [6, 6.07) is 2.62. The zero-order valence-electron chi connectivity index (χ0n) is 19.1. The number of aromatic nitrogens is 1. The quantitative estimate of drug-likeness (QED) is 0.633. The van der Waals surface area contributed by atoms with Gasteiger partial charge in [0.15, 0.2) is 0 Å². The van der Waals surface area contributed by atoms with E-state index in [1.165, 1.54) is 22.3 Å². The van der Waals surface area contributed by atoms with Crippen LogP contribution >= 0.6 is 11.3 Å². The summed E-state index contributed by atoms with van der Waals surface area (Å²) in [7, 11) is 0. The van der Waals surface area contributed by atoms with E-state index in [2.05, 4.69) is 10.3 Å². The molecule has 0 spiro atoms. The van der Waals surface area contributed by atoms with Crippen molar-refractivity contribution in [1.82, 2.24) is 15.2 Å². The number of aryl methyl sites for hydroxylation is 1. The molecule has 1 aromatic carbocycles. The van der Waals surface area contributed by atoms with E-state index in [-0.39, 0.29) is 18.9 Å². The van der Waals surface area contributed by atoms with Crippen molar-refractivity contribution in [2.75, 3.05) is 6.54 Å². The van der Waals surface area contributed by atoms with Crippen molar-refractivity contribution in [2.24, 2.45) is 11.1 Å². The highest BCUT2D eigenvalue weighted by atomic mass is 32.1. The Balaban J connectivity index is 1.74. The van der Waals surface area contributed by atoms with E-state index < -0.39 is 41.4 Å². The van der Waals surface area contributed by atoms with Crippen LogP contribution in [-0.2, 0) is 9.59 Å². The Bertz CT molecular complexity index is 1000. The van der Waals surface area contributed by atoms with Crippen molar-refractivity contribution < 1.29 is 19.1 Å². The minimum atomic E-state index is -0.851. The van der Waals surface area contributed by atoms with Crippen molar-refractivity contribution in [3.8, 4) is 10.4 Å². The van der Waals surface area contributed by atoms with E-state index in [1.54, 1.807) is 24.6 Å². The number of carbonyl (C=O) groups excluding carboxylic acids is 2. The van der Waals surface area contributed by atoms with Gasteiger partial charge >= 0.3 is 0 Å². The van der Waals surface area contributed by atoms with Gasteiger partial charge in [0.1, 0.15) is 11.9 Å². The Hall–Kier alpha value is -2.36. The molecular weight excluding hydrogens is 431 g/mol. The number of nitrogens with zero attached hydrogens (tertiary/aromatic N) is 2. The monoisotopic (exact) mass is 462 g/mol. The number of amides is 2. The van der Waals surface area contributed by atoms with E-state index in [0.29, 0.717) is 5.56 Å². The molecule has 0 aliphatic carbocycles. The Kier molecular flexibility index (Phi) is 7.02. The van der Waals surface area contributed by atoms with Gasteiger partial charge in [-0.2, -0.15) is 0 Å². The molecule has 1 fully saturated rings. The fourth-order valence-corrected chi connectivity index (χ4v) is 4.64. The lowest BCUT2D eigenvalue weighted by Gasteiger charge is -2.32. The largest absolute Gasteiger partial charge is 0.391 e. The third-order valence-electron chi connectivity index (χ3n) is 5.90. The van der Waals surface area contributed by atoms with E-state index in [0.717, 1.165) is 16.1 Å². The number of rotatable bonds is 5. The summed E-state index contributed by atoms with van der Waals surface area (Å²) in [4.78, 5) is 32.3. The highest BCUT2D eigenvalue weighted by molar-refractivity contribution is 7.13. The predicted octanol–water partition coefficient (Wildman–Crippen LogP) is 2.77. The highest BCUT2D eigenvalue weighted by Gasteiger charge is 2.43. The van der Waals surface area contributed by atoms with Crippen molar-refractivity contribution >= 4 is 23.2 Å². The number of benzene rings is 1. The third-order valence-corrected chi connectivity index (χ3v) is 6.87. The van der Waals surface area contributed by atoms with Crippen LogP contribution in [0.5, 0.6) is 0 Å².